The predicted molar refractivity (Wildman–Crippen MR) is 131 cm³/mol. The van der Waals surface area contributed by atoms with Crippen LogP contribution in [0.25, 0.3) is 11.1 Å². The molecule has 0 radical (unpaired) electrons. The number of carboxylic acid groups (broad SMARTS) is 1. The molecule has 0 aliphatic heterocycles. The fourth-order valence-electron chi connectivity index (χ4n) is 4.42. The van der Waals surface area contributed by atoms with Crippen molar-refractivity contribution in [2.75, 3.05) is 19.7 Å². The van der Waals surface area contributed by atoms with Gasteiger partial charge in [-0.15, -0.1) is 0 Å². The van der Waals surface area contributed by atoms with Gasteiger partial charge in [0.2, 0.25) is 5.91 Å². The zero-order valence-corrected chi connectivity index (χ0v) is 20.5. The molecule has 7 heteroatoms. The first-order valence-electron chi connectivity index (χ1n) is 11.6. The van der Waals surface area contributed by atoms with Gasteiger partial charge in [-0.3, -0.25) is 9.59 Å². The minimum atomic E-state index is -1.10. The van der Waals surface area contributed by atoms with E-state index in [1.165, 1.54) is 4.90 Å². The first-order chi connectivity index (χ1) is 16.0. The molecule has 2 aromatic carbocycles. The largest absolute Gasteiger partial charge is 0.480 e. The Hall–Kier alpha value is -3.35. The molecule has 0 bridgehead atoms. The summed E-state index contributed by atoms with van der Waals surface area (Å²) in [6, 6.07) is 15.2. The second kappa shape index (κ2) is 10.3. The molecule has 1 aliphatic carbocycles. The summed E-state index contributed by atoms with van der Waals surface area (Å²) < 4.78 is 5.60. The van der Waals surface area contributed by atoms with E-state index < -0.39 is 30.6 Å². The number of carbonyl (C=O) groups is 3. The average molecular weight is 467 g/mol. The van der Waals surface area contributed by atoms with E-state index in [-0.39, 0.29) is 30.4 Å². The minimum absolute atomic E-state index is 0.0873. The van der Waals surface area contributed by atoms with E-state index in [0.717, 1.165) is 22.3 Å². The SMILES string of the molecule is CC(C)[C@H](NC(=O)OCC1c2ccccc2-c2ccccc21)C(=O)N(CC(=O)O)CC(C)(C)C. The number of fused-ring (bicyclic) bond motifs is 3. The third-order valence-corrected chi connectivity index (χ3v) is 5.85. The van der Waals surface area contributed by atoms with Crippen molar-refractivity contribution in [1.82, 2.24) is 10.2 Å². The normalized spacial score (nSPS) is 13.7. The van der Waals surface area contributed by atoms with Crippen LogP contribution in [0.1, 0.15) is 51.7 Å². The van der Waals surface area contributed by atoms with E-state index in [2.05, 4.69) is 17.4 Å². The number of nitrogens with zero attached hydrogens (tertiary/aromatic N) is 1. The van der Waals surface area contributed by atoms with Crippen LogP contribution in [0.5, 0.6) is 0 Å². The van der Waals surface area contributed by atoms with Crippen molar-refractivity contribution in [2.24, 2.45) is 11.3 Å². The molecule has 0 unspecified atom stereocenters. The topological polar surface area (TPSA) is 95.9 Å². The van der Waals surface area contributed by atoms with Gasteiger partial charge >= 0.3 is 12.1 Å². The third-order valence-electron chi connectivity index (χ3n) is 5.85. The molecule has 182 valence electrons. The molecule has 0 saturated carbocycles. The Kier molecular flexibility index (Phi) is 7.64. The first kappa shape index (κ1) is 25.3. The number of nitrogens with one attached hydrogen (secondary N) is 1. The maximum atomic E-state index is 13.2. The standard InChI is InChI=1S/C27H34N2O5/c1-17(2)24(25(32)29(14-23(30)31)16-27(3,4)5)28-26(33)34-15-22-20-12-8-6-10-18(20)19-11-7-9-13-21(19)22/h6-13,17,22,24H,14-16H2,1-5H3,(H,28,33)(H,30,31)/t24-/m0/s1. The molecule has 3 rings (SSSR count). The van der Waals surface area contributed by atoms with Crippen molar-refractivity contribution in [3.05, 3.63) is 59.7 Å². The van der Waals surface area contributed by atoms with Gasteiger partial charge < -0.3 is 20.1 Å². The summed E-state index contributed by atoms with van der Waals surface area (Å²) in [5.74, 6) is -1.86. The Morgan fingerprint density at radius 2 is 1.53 bits per heavy atom. The number of alkyl carbamates (subject to hydrolysis) is 1. The molecule has 2 N–H and O–H groups in total. The fraction of sp³-hybridized carbons (Fsp3) is 0.444. The number of amides is 2. The van der Waals surface area contributed by atoms with Gasteiger partial charge in [0.05, 0.1) is 0 Å². The summed E-state index contributed by atoms with van der Waals surface area (Å²) in [6.07, 6.45) is -0.694. The summed E-state index contributed by atoms with van der Waals surface area (Å²) in [5, 5.41) is 12.0. The van der Waals surface area contributed by atoms with Crippen LogP contribution in [0.2, 0.25) is 0 Å². The number of aliphatic carboxylic acids is 1. The Balaban J connectivity index is 1.71. The highest BCUT2D eigenvalue weighted by Crippen LogP contribution is 2.44. The lowest BCUT2D eigenvalue weighted by Gasteiger charge is -2.33. The van der Waals surface area contributed by atoms with E-state index in [9.17, 15) is 19.5 Å². The maximum Gasteiger partial charge on any atom is 0.407 e. The summed E-state index contributed by atoms with van der Waals surface area (Å²) in [4.78, 5) is 38.6. The highest BCUT2D eigenvalue weighted by Gasteiger charge is 2.33. The fourth-order valence-corrected chi connectivity index (χ4v) is 4.42. The van der Waals surface area contributed by atoms with Crippen molar-refractivity contribution in [3.8, 4) is 11.1 Å². The Labute approximate surface area is 201 Å². The number of ether oxygens (including phenoxy) is 1. The second-order valence-corrected chi connectivity index (χ2v) is 10.3. The van der Waals surface area contributed by atoms with Gasteiger partial charge in [-0.1, -0.05) is 83.1 Å². The zero-order valence-electron chi connectivity index (χ0n) is 20.5. The van der Waals surface area contributed by atoms with Crippen LogP contribution in [-0.2, 0) is 14.3 Å². The van der Waals surface area contributed by atoms with Crippen LogP contribution < -0.4 is 5.32 Å². The molecule has 0 aromatic heterocycles. The first-order valence-corrected chi connectivity index (χ1v) is 11.6. The molecule has 34 heavy (non-hydrogen) atoms. The van der Waals surface area contributed by atoms with Gasteiger partial charge in [0.15, 0.2) is 0 Å². The number of benzene rings is 2. The van der Waals surface area contributed by atoms with Gasteiger partial charge in [-0.25, -0.2) is 4.79 Å². The van der Waals surface area contributed by atoms with Gasteiger partial charge in [0.25, 0.3) is 0 Å². The Morgan fingerprint density at radius 3 is 2.00 bits per heavy atom. The average Bonchev–Trinajstić information content (AvgIpc) is 3.07. The van der Waals surface area contributed by atoms with Crippen LogP contribution in [0.15, 0.2) is 48.5 Å². The highest BCUT2D eigenvalue weighted by atomic mass is 16.5. The third kappa shape index (κ3) is 5.95. The molecule has 2 amide bonds. The molecule has 0 fully saturated rings. The van der Waals surface area contributed by atoms with Crippen LogP contribution in [0.4, 0.5) is 4.79 Å². The van der Waals surface area contributed by atoms with Gasteiger partial charge in [0.1, 0.15) is 19.2 Å². The predicted octanol–water partition coefficient (Wildman–Crippen LogP) is 4.51. The van der Waals surface area contributed by atoms with Crippen molar-refractivity contribution in [2.45, 2.75) is 46.6 Å². The van der Waals surface area contributed by atoms with Crippen molar-refractivity contribution >= 4 is 18.0 Å². The molecule has 0 spiro atoms. The van der Waals surface area contributed by atoms with Gasteiger partial charge in [-0.2, -0.15) is 0 Å². The van der Waals surface area contributed by atoms with Crippen LogP contribution in [0, 0.1) is 11.3 Å². The molecular weight excluding hydrogens is 432 g/mol. The molecule has 7 nitrogen and oxygen atoms in total. The maximum absolute atomic E-state index is 13.2. The van der Waals surface area contributed by atoms with E-state index in [4.69, 9.17) is 4.74 Å². The molecular formula is C27H34N2O5. The van der Waals surface area contributed by atoms with Crippen molar-refractivity contribution < 1.29 is 24.2 Å². The van der Waals surface area contributed by atoms with Gasteiger partial charge in [-0.05, 0) is 33.6 Å². The summed E-state index contributed by atoms with van der Waals surface area (Å²) in [6.45, 7) is 9.37. The summed E-state index contributed by atoms with van der Waals surface area (Å²) in [7, 11) is 0. The van der Waals surface area contributed by atoms with Crippen molar-refractivity contribution in [3.63, 3.8) is 0 Å². The second-order valence-electron chi connectivity index (χ2n) is 10.3. The Morgan fingerprint density at radius 1 is 1.00 bits per heavy atom. The van der Waals surface area contributed by atoms with Crippen LogP contribution in [-0.4, -0.2) is 53.7 Å². The van der Waals surface area contributed by atoms with Crippen LogP contribution in [0.3, 0.4) is 0 Å². The van der Waals surface area contributed by atoms with E-state index in [0.29, 0.717) is 0 Å². The van der Waals surface area contributed by atoms with Gasteiger partial charge in [0, 0.05) is 12.5 Å². The molecule has 1 aliphatic rings. The quantitative estimate of drug-likeness (QED) is 0.597. The molecule has 1 atom stereocenters. The van der Waals surface area contributed by atoms with Crippen molar-refractivity contribution in [1.29, 1.82) is 0 Å². The lowest BCUT2D eigenvalue weighted by Crippen LogP contribution is -2.54. The van der Waals surface area contributed by atoms with Crippen LogP contribution >= 0.6 is 0 Å². The lowest BCUT2D eigenvalue weighted by molar-refractivity contribution is -0.146. The highest BCUT2D eigenvalue weighted by molar-refractivity contribution is 5.88. The van der Waals surface area contributed by atoms with E-state index in [1.807, 2.05) is 71.0 Å². The minimum Gasteiger partial charge on any atom is -0.480 e. The smallest absolute Gasteiger partial charge is 0.407 e. The molecule has 0 heterocycles. The number of rotatable bonds is 8. The number of carboxylic acids is 1. The number of hydrogen-bond acceptors (Lipinski definition) is 4. The monoisotopic (exact) mass is 466 g/mol. The number of hydrogen-bond donors (Lipinski definition) is 2. The molecule has 0 saturated heterocycles. The summed E-state index contributed by atoms with van der Waals surface area (Å²) in [5.41, 5.74) is 4.18. The Bertz CT molecular complexity index is 1010. The molecule has 2 aromatic rings. The lowest BCUT2D eigenvalue weighted by atomic mass is 9.94. The number of carbonyl (C=O) groups excluding carboxylic acids is 2. The zero-order chi connectivity index (χ0) is 25.0. The van der Waals surface area contributed by atoms with E-state index in [1.54, 1.807) is 0 Å². The van der Waals surface area contributed by atoms with E-state index >= 15 is 0 Å². The summed E-state index contributed by atoms with van der Waals surface area (Å²) >= 11 is 0.